The van der Waals surface area contributed by atoms with Gasteiger partial charge >= 0.3 is 0 Å². The minimum absolute atomic E-state index is 0.169. The lowest BCUT2D eigenvalue weighted by Gasteiger charge is -1.96. The molecule has 1 aliphatic carbocycles. The Kier molecular flexibility index (Phi) is 1.46. The zero-order chi connectivity index (χ0) is 9.71. The first kappa shape index (κ1) is 7.97. The third-order valence-corrected chi connectivity index (χ3v) is 2.75. The van der Waals surface area contributed by atoms with Crippen molar-refractivity contribution in [3.05, 3.63) is 35.5 Å². The Labute approximate surface area is 81.4 Å². The molecule has 1 fully saturated rings. The Balaban J connectivity index is 2.22. The fraction of sp³-hybridized carbons (Fsp3) is 0.364. The fourth-order valence-electron chi connectivity index (χ4n) is 1.70. The molecule has 0 radical (unpaired) electrons. The van der Waals surface area contributed by atoms with Crippen LogP contribution in [-0.2, 0) is 0 Å². The molecule has 1 saturated carbocycles. The Morgan fingerprint density at radius 2 is 2.21 bits per heavy atom. The minimum Gasteiger partial charge on any atom is -0.304 e. The molecular formula is C11H11FN2. The normalized spacial score (nSPS) is 16.4. The first-order chi connectivity index (χ1) is 6.74. The van der Waals surface area contributed by atoms with Crippen molar-refractivity contribution in [3.63, 3.8) is 0 Å². The summed E-state index contributed by atoms with van der Waals surface area (Å²) in [5.41, 5.74) is 2.62. The van der Waals surface area contributed by atoms with E-state index in [9.17, 15) is 4.39 Å². The van der Waals surface area contributed by atoms with Crippen LogP contribution >= 0.6 is 0 Å². The van der Waals surface area contributed by atoms with Crippen molar-refractivity contribution in [1.29, 1.82) is 0 Å². The molecule has 0 aliphatic heterocycles. The highest BCUT2D eigenvalue weighted by Gasteiger charge is 2.26. The summed E-state index contributed by atoms with van der Waals surface area (Å²) in [6.45, 7) is 1.76. The van der Waals surface area contributed by atoms with Crippen molar-refractivity contribution < 1.29 is 4.39 Å². The number of aryl methyl sites for hydroxylation is 1. The second-order valence-electron chi connectivity index (χ2n) is 4.01. The Hall–Kier alpha value is -1.38. The van der Waals surface area contributed by atoms with Gasteiger partial charge in [0.1, 0.15) is 11.5 Å². The zero-order valence-corrected chi connectivity index (χ0v) is 8.00. The number of imidazole rings is 1. The number of nitrogens with zero attached hydrogens (tertiary/aromatic N) is 2. The van der Waals surface area contributed by atoms with Gasteiger partial charge in [0.25, 0.3) is 0 Å². The molecule has 0 atom stereocenters. The molecule has 14 heavy (non-hydrogen) atoms. The van der Waals surface area contributed by atoms with Gasteiger partial charge in [-0.05, 0) is 31.4 Å². The van der Waals surface area contributed by atoms with Gasteiger partial charge in [-0.3, -0.25) is 0 Å². The second kappa shape index (κ2) is 2.56. The maximum absolute atomic E-state index is 13.2. The Morgan fingerprint density at radius 1 is 1.43 bits per heavy atom. The van der Waals surface area contributed by atoms with Crippen molar-refractivity contribution in [1.82, 2.24) is 9.38 Å². The number of pyridine rings is 1. The zero-order valence-electron chi connectivity index (χ0n) is 8.00. The first-order valence-electron chi connectivity index (χ1n) is 4.89. The quantitative estimate of drug-likeness (QED) is 0.675. The number of hydrogen-bond donors (Lipinski definition) is 0. The lowest BCUT2D eigenvalue weighted by atomic mass is 10.3. The van der Waals surface area contributed by atoms with Crippen LogP contribution in [0.4, 0.5) is 4.39 Å². The van der Waals surface area contributed by atoms with Gasteiger partial charge in [-0.25, -0.2) is 9.37 Å². The van der Waals surface area contributed by atoms with E-state index in [0.717, 1.165) is 11.3 Å². The van der Waals surface area contributed by atoms with Crippen LogP contribution in [0.25, 0.3) is 5.65 Å². The van der Waals surface area contributed by atoms with Gasteiger partial charge in [0, 0.05) is 18.3 Å². The number of fused-ring (bicyclic) bond motifs is 1. The Bertz CT molecular complexity index is 458. The predicted molar refractivity (Wildman–Crippen MR) is 51.9 cm³/mol. The highest BCUT2D eigenvalue weighted by atomic mass is 19.1. The molecule has 72 valence electrons. The molecular weight excluding hydrogens is 179 g/mol. The van der Waals surface area contributed by atoms with E-state index in [1.807, 2.05) is 6.20 Å². The van der Waals surface area contributed by atoms with E-state index >= 15 is 0 Å². The van der Waals surface area contributed by atoms with E-state index in [4.69, 9.17) is 0 Å². The van der Waals surface area contributed by atoms with Crippen LogP contribution in [0.2, 0.25) is 0 Å². The smallest absolute Gasteiger partial charge is 0.142 e. The van der Waals surface area contributed by atoms with Crippen molar-refractivity contribution in [2.24, 2.45) is 0 Å². The average molecular weight is 190 g/mol. The molecule has 3 rings (SSSR count). The van der Waals surface area contributed by atoms with E-state index in [-0.39, 0.29) is 5.82 Å². The van der Waals surface area contributed by atoms with Crippen LogP contribution in [-0.4, -0.2) is 9.38 Å². The molecule has 3 heteroatoms. The van der Waals surface area contributed by atoms with Gasteiger partial charge in [0.2, 0.25) is 0 Å². The van der Waals surface area contributed by atoms with Crippen LogP contribution < -0.4 is 0 Å². The number of hydrogen-bond acceptors (Lipinski definition) is 1. The molecule has 0 saturated heterocycles. The molecule has 0 N–H and O–H groups in total. The summed E-state index contributed by atoms with van der Waals surface area (Å²) >= 11 is 0. The summed E-state index contributed by atoms with van der Waals surface area (Å²) in [5.74, 6) is 0.454. The topological polar surface area (TPSA) is 17.3 Å². The SMILES string of the molecule is Cc1cc2nc(C3CC3)cn2cc1F. The fourth-order valence-corrected chi connectivity index (χ4v) is 1.70. The van der Waals surface area contributed by atoms with Crippen LogP contribution in [0.15, 0.2) is 18.5 Å². The first-order valence-corrected chi connectivity index (χ1v) is 4.89. The van der Waals surface area contributed by atoms with Crippen molar-refractivity contribution >= 4 is 5.65 Å². The number of rotatable bonds is 1. The molecule has 2 heterocycles. The molecule has 0 bridgehead atoms. The predicted octanol–water partition coefficient (Wildman–Crippen LogP) is 2.66. The summed E-state index contributed by atoms with van der Waals surface area (Å²) in [6, 6.07) is 1.79. The van der Waals surface area contributed by atoms with Gasteiger partial charge in [0.05, 0.1) is 5.69 Å². The van der Waals surface area contributed by atoms with E-state index in [1.165, 1.54) is 19.0 Å². The standard InChI is InChI=1S/C11H11FN2/c1-7-4-11-13-10(8-2-3-8)6-14(11)5-9(7)12/h4-6,8H,2-3H2,1H3. The maximum Gasteiger partial charge on any atom is 0.142 e. The molecule has 2 aromatic heterocycles. The lowest BCUT2D eigenvalue weighted by molar-refractivity contribution is 0.610. The van der Waals surface area contributed by atoms with Crippen LogP contribution in [0, 0.1) is 12.7 Å². The van der Waals surface area contributed by atoms with Crippen molar-refractivity contribution in [3.8, 4) is 0 Å². The Morgan fingerprint density at radius 3 is 2.93 bits per heavy atom. The largest absolute Gasteiger partial charge is 0.304 e. The molecule has 2 aromatic rings. The van der Waals surface area contributed by atoms with Crippen LogP contribution in [0.5, 0.6) is 0 Å². The average Bonchev–Trinajstić information content (AvgIpc) is 2.90. The third-order valence-electron chi connectivity index (χ3n) is 2.75. The summed E-state index contributed by atoms with van der Waals surface area (Å²) in [4.78, 5) is 4.47. The van der Waals surface area contributed by atoms with Gasteiger partial charge in [-0.1, -0.05) is 0 Å². The highest BCUT2D eigenvalue weighted by Crippen LogP contribution is 2.39. The number of aromatic nitrogens is 2. The second-order valence-corrected chi connectivity index (χ2v) is 4.01. The minimum atomic E-state index is -0.169. The van der Waals surface area contributed by atoms with E-state index < -0.39 is 0 Å². The molecule has 0 unspecified atom stereocenters. The molecule has 0 aromatic carbocycles. The van der Waals surface area contributed by atoms with Crippen LogP contribution in [0.1, 0.15) is 30.0 Å². The summed E-state index contributed by atoms with van der Waals surface area (Å²) in [5, 5.41) is 0. The van der Waals surface area contributed by atoms with E-state index in [0.29, 0.717) is 11.5 Å². The van der Waals surface area contributed by atoms with E-state index in [1.54, 1.807) is 17.4 Å². The van der Waals surface area contributed by atoms with Gasteiger partial charge in [-0.15, -0.1) is 0 Å². The molecule has 0 spiro atoms. The third kappa shape index (κ3) is 1.12. The molecule has 2 nitrogen and oxygen atoms in total. The monoisotopic (exact) mass is 190 g/mol. The molecule has 1 aliphatic rings. The summed E-state index contributed by atoms with van der Waals surface area (Å²) in [7, 11) is 0. The van der Waals surface area contributed by atoms with Gasteiger partial charge in [-0.2, -0.15) is 0 Å². The summed E-state index contributed by atoms with van der Waals surface area (Å²) in [6.07, 6.45) is 5.90. The van der Waals surface area contributed by atoms with Gasteiger partial charge in [0.15, 0.2) is 0 Å². The number of halogens is 1. The van der Waals surface area contributed by atoms with E-state index in [2.05, 4.69) is 4.98 Å². The van der Waals surface area contributed by atoms with Crippen LogP contribution in [0.3, 0.4) is 0 Å². The van der Waals surface area contributed by atoms with Crippen molar-refractivity contribution in [2.75, 3.05) is 0 Å². The molecule has 0 amide bonds. The van der Waals surface area contributed by atoms with Gasteiger partial charge < -0.3 is 4.40 Å². The van der Waals surface area contributed by atoms with Crippen molar-refractivity contribution in [2.45, 2.75) is 25.7 Å². The lowest BCUT2D eigenvalue weighted by Crippen LogP contribution is -1.88. The maximum atomic E-state index is 13.2. The summed E-state index contributed by atoms with van der Waals surface area (Å²) < 4.78 is 15.0. The highest BCUT2D eigenvalue weighted by molar-refractivity contribution is 5.44.